The quantitative estimate of drug-likeness (QED) is 0.331. The summed E-state index contributed by atoms with van der Waals surface area (Å²) in [6, 6.07) is -0.388. The summed E-state index contributed by atoms with van der Waals surface area (Å²) in [6.07, 6.45) is 1.26. The molecule has 1 fully saturated rings. The molecular weight excluding hydrogens is 160 g/mol. The lowest BCUT2D eigenvalue weighted by atomic mass is 10.0. The SMILES string of the molecule is [N-]=[N+]=N[C@@H]1CC[C@H](C(=O)O)[NH2+]C1. The molecule has 0 aromatic carbocycles. The van der Waals surface area contributed by atoms with Crippen LogP contribution in [0, 0.1) is 0 Å². The first kappa shape index (κ1) is 8.83. The maximum Gasteiger partial charge on any atom is 0.362 e. The standard InChI is InChI=1S/C6H10N4O2/c7-10-9-4-1-2-5(6(11)12)8-3-4/h4-5,8H,1-3H2,(H,11,12)/p+1/t4-,5-/m1/s1. The number of piperidine rings is 1. The monoisotopic (exact) mass is 171 g/mol. The molecule has 12 heavy (non-hydrogen) atoms. The maximum absolute atomic E-state index is 10.5. The molecule has 3 N–H and O–H groups in total. The Labute approximate surface area is 69.2 Å². The summed E-state index contributed by atoms with van der Waals surface area (Å²) >= 11 is 0. The first-order valence-corrected chi connectivity index (χ1v) is 3.84. The van der Waals surface area contributed by atoms with Crippen molar-refractivity contribution < 1.29 is 15.2 Å². The number of nitrogens with zero attached hydrogens (tertiary/aromatic N) is 3. The number of azide groups is 1. The Morgan fingerprint density at radius 2 is 2.42 bits per heavy atom. The smallest absolute Gasteiger partial charge is 0.362 e. The molecule has 0 aromatic rings. The molecule has 0 aliphatic carbocycles. The fraction of sp³-hybridized carbons (Fsp3) is 0.833. The van der Waals surface area contributed by atoms with Crippen molar-refractivity contribution in [3.63, 3.8) is 0 Å². The number of nitrogens with two attached hydrogens (primary N) is 1. The molecule has 6 nitrogen and oxygen atoms in total. The van der Waals surface area contributed by atoms with E-state index in [4.69, 9.17) is 10.6 Å². The van der Waals surface area contributed by atoms with Crippen LogP contribution in [-0.4, -0.2) is 29.7 Å². The minimum atomic E-state index is -0.783. The topological polar surface area (TPSA) is 103 Å². The Morgan fingerprint density at radius 3 is 2.83 bits per heavy atom. The number of carboxylic acids is 1. The van der Waals surface area contributed by atoms with E-state index in [0.717, 1.165) is 0 Å². The Morgan fingerprint density at radius 1 is 1.67 bits per heavy atom. The van der Waals surface area contributed by atoms with Gasteiger partial charge in [0.15, 0.2) is 6.04 Å². The summed E-state index contributed by atoms with van der Waals surface area (Å²) in [7, 11) is 0. The molecule has 1 saturated heterocycles. The van der Waals surface area contributed by atoms with Crippen molar-refractivity contribution >= 4 is 5.97 Å². The number of rotatable bonds is 2. The van der Waals surface area contributed by atoms with Gasteiger partial charge < -0.3 is 10.4 Å². The van der Waals surface area contributed by atoms with Crippen molar-refractivity contribution in [3.05, 3.63) is 10.4 Å². The predicted molar refractivity (Wildman–Crippen MR) is 40.4 cm³/mol. The van der Waals surface area contributed by atoms with E-state index in [2.05, 4.69) is 10.0 Å². The molecule has 1 heterocycles. The van der Waals surface area contributed by atoms with Crippen molar-refractivity contribution in [2.24, 2.45) is 5.11 Å². The van der Waals surface area contributed by atoms with Crippen LogP contribution in [0.15, 0.2) is 5.11 Å². The Kier molecular flexibility index (Phi) is 2.90. The second-order valence-corrected chi connectivity index (χ2v) is 2.85. The number of aliphatic carboxylic acids is 1. The van der Waals surface area contributed by atoms with Crippen LogP contribution in [-0.2, 0) is 4.79 Å². The summed E-state index contributed by atoms with van der Waals surface area (Å²) in [5.41, 5.74) is 8.12. The molecule has 0 saturated carbocycles. The van der Waals surface area contributed by atoms with Crippen LogP contribution in [0.25, 0.3) is 10.4 Å². The van der Waals surface area contributed by atoms with Crippen LogP contribution in [0.4, 0.5) is 0 Å². The normalized spacial score (nSPS) is 29.0. The first-order valence-electron chi connectivity index (χ1n) is 3.84. The molecule has 66 valence electrons. The molecule has 0 aromatic heterocycles. The van der Waals surface area contributed by atoms with Gasteiger partial charge in [0.05, 0.1) is 12.6 Å². The van der Waals surface area contributed by atoms with Gasteiger partial charge in [-0.3, -0.25) is 0 Å². The summed E-state index contributed by atoms with van der Waals surface area (Å²) in [4.78, 5) is 13.2. The van der Waals surface area contributed by atoms with E-state index in [1.54, 1.807) is 5.32 Å². The van der Waals surface area contributed by atoms with Crippen LogP contribution >= 0.6 is 0 Å². The largest absolute Gasteiger partial charge is 0.477 e. The van der Waals surface area contributed by atoms with Crippen LogP contribution in [0.1, 0.15) is 12.8 Å². The van der Waals surface area contributed by atoms with Gasteiger partial charge in [-0.2, -0.15) is 0 Å². The lowest BCUT2D eigenvalue weighted by Crippen LogP contribution is -2.95. The van der Waals surface area contributed by atoms with Gasteiger partial charge in [0.1, 0.15) is 0 Å². The first-order chi connectivity index (χ1) is 5.74. The van der Waals surface area contributed by atoms with Crippen molar-refractivity contribution in [2.75, 3.05) is 6.54 Å². The van der Waals surface area contributed by atoms with Crippen molar-refractivity contribution in [2.45, 2.75) is 24.9 Å². The number of quaternary nitrogens is 1. The molecule has 1 rings (SSSR count). The molecule has 0 spiro atoms. The molecule has 1 aliphatic rings. The molecule has 1 aliphatic heterocycles. The van der Waals surface area contributed by atoms with Crippen molar-refractivity contribution in [1.29, 1.82) is 0 Å². The third kappa shape index (κ3) is 2.11. The third-order valence-corrected chi connectivity index (χ3v) is 2.04. The van der Waals surface area contributed by atoms with Crippen LogP contribution in [0.2, 0.25) is 0 Å². The molecule has 2 atom stereocenters. The average Bonchev–Trinajstić information content (AvgIpc) is 2.06. The van der Waals surface area contributed by atoms with Crippen LogP contribution < -0.4 is 5.32 Å². The van der Waals surface area contributed by atoms with E-state index in [1.165, 1.54) is 0 Å². The summed E-state index contributed by atoms with van der Waals surface area (Å²) < 4.78 is 0. The second-order valence-electron chi connectivity index (χ2n) is 2.85. The van der Waals surface area contributed by atoms with E-state index < -0.39 is 5.97 Å². The van der Waals surface area contributed by atoms with Crippen molar-refractivity contribution in [3.8, 4) is 0 Å². The Balaban J connectivity index is 2.39. The predicted octanol–water partition coefficient (Wildman–Crippen LogP) is -0.524. The molecule has 6 heteroatoms. The average molecular weight is 171 g/mol. The Hall–Kier alpha value is -1.26. The van der Waals surface area contributed by atoms with Gasteiger partial charge in [-0.25, -0.2) is 4.79 Å². The van der Waals surface area contributed by atoms with Gasteiger partial charge in [-0.15, -0.1) is 0 Å². The van der Waals surface area contributed by atoms with Crippen molar-refractivity contribution in [1.82, 2.24) is 0 Å². The van der Waals surface area contributed by atoms with Crippen LogP contribution in [0.3, 0.4) is 0 Å². The van der Waals surface area contributed by atoms with E-state index in [-0.39, 0.29) is 12.1 Å². The molecule has 0 radical (unpaired) electrons. The minimum Gasteiger partial charge on any atom is -0.477 e. The highest BCUT2D eigenvalue weighted by atomic mass is 16.4. The van der Waals surface area contributed by atoms with E-state index >= 15 is 0 Å². The van der Waals surface area contributed by atoms with E-state index in [9.17, 15) is 4.79 Å². The van der Waals surface area contributed by atoms with Gasteiger partial charge >= 0.3 is 5.97 Å². The van der Waals surface area contributed by atoms with Gasteiger partial charge in [0, 0.05) is 11.3 Å². The number of carboxylic acid groups (broad SMARTS) is 1. The Bertz CT molecular complexity index is 206. The molecule has 0 unspecified atom stereocenters. The minimum absolute atomic E-state index is 0.0365. The zero-order chi connectivity index (χ0) is 8.97. The zero-order valence-electron chi connectivity index (χ0n) is 6.55. The van der Waals surface area contributed by atoms with Gasteiger partial charge in [0.2, 0.25) is 0 Å². The number of carbonyl (C=O) groups is 1. The lowest BCUT2D eigenvalue weighted by molar-refractivity contribution is -0.687. The molecule has 0 amide bonds. The summed E-state index contributed by atoms with van der Waals surface area (Å²) in [6.45, 7) is 0.584. The van der Waals surface area contributed by atoms with E-state index in [0.29, 0.717) is 19.4 Å². The lowest BCUT2D eigenvalue weighted by Gasteiger charge is -2.20. The fourth-order valence-electron chi connectivity index (χ4n) is 1.33. The molecule has 0 bridgehead atoms. The second kappa shape index (κ2) is 3.94. The zero-order valence-corrected chi connectivity index (χ0v) is 6.55. The van der Waals surface area contributed by atoms with Gasteiger partial charge in [0.25, 0.3) is 0 Å². The van der Waals surface area contributed by atoms with E-state index in [1.807, 2.05) is 0 Å². The van der Waals surface area contributed by atoms with Crippen LogP contribution in [0.5, 0.6) is 0 Å². The van der Waals surface area contributed by atoms with Gasteiger partial charge in [-0.05, 0) is 12.0 Å². The molecular formula is C6H11N4O2+. The highest BCUT2D eigenvalue weighted by molar-refractivity contribution is 5.71. The fourth-order valence-corrected chi connectivity index (χ4v) is 1.33. The third-order valence-electron chi connectivity index (χ3n) is 2.04. The summed E-state index contributed by atoms with van der Waals surface area (Å²) in [5, 5.41) is 13.9. The number of hydrogen-bond acceptors (Lipinski definition) is 2. The van der Waals surface area contributed by atoms with Gasteiger partial charge in [-0.1, -0.05) is 5.11 Å². The maximum atomic E-state index is 10.5. The highest BCUT2D eigenvalue weighted by Crippen LogP contribution is 2.06. The number of hydrogen-bond donors (Lipinski definition) is 2. The highest BCUT2D eigenvalue weighted by Gasteiger charge is 2.28. The summed E-state index contributed by atoms with van der Waals surface area (Å²) in [5.74, 6) is -0.783.